The molecule has 0 fully saturated rings. The van der Waals surface area contributed by atoms with E-state index >= 15 is 0 Å². The molecular formula is C18H31N3O3S. The lowest BCUT2D eigenvalue weighted by molar-refractivity contribution is -0.121. The average molecular weight is 370 g/mol. The molecule has 0 aliphatic carbocycles. The molecule has 3 N–H and O–H groups in total. The maximum atomic E-state index is 12.7. The molecule has 7 heteroatoms. The molecule has 1 amide bonds. The van der Waals surface area contributed by atoms with Gasteiger partial charge in [0.1, 0.15) is 0 Å². The SMILES string of the molecule is CNC(C)CNC(=O)CCNS(=O)(=O)c1c(C)c(C)c(C)c(C)c1C. The fourth-order valence-electron chi connectivity index (χ4n) is 2.70. The monoisotopic (exact) mass is 369 g/mol. The van der Waals surface area contributed by atoms with Crippen LogP contribution >= 0.6 is 0 Å². The lowest BCUT2D eigenvalue weighted by Crippen LogP contribution is -2.38. The van der Waals surface area contributed by atoms with Crippen molar-refractivity contribution in [2.45, 2.75) is 58.9 Å². The smallest absolute Gasteiger partial charge is 0.241 e. The molecule has 1 atom stereocenters. The van der Waals surface area contributed by atoms with E-state index in [9.17, 15) is 13.2 Å². The topological polar surface area (TPSA) is 87.3 Å². The molecule has 0 aromatic heterocycles. The second-order valence-corrected chi connectivity index (χ2v) is 8.30. The Bertz CT molecular complexity index is 713. The van der Waals surface area contributed by atoms with Crippen LogP contribution in [-0.2, 0) is 14.8 Å². The molecule has 0 aliphatic heterocycles. The molecule has 0 saturated heterocycles. The second kappa shape index (κ2) is 8.78. The van der Waals surface area contributed by atoms with Gasteiger partial charge in [-0.05, 0) is 76.4 Å². The van der Waals surface area contributed by atoms with E-state index in [1.165, 1.54) is 0 Å². The van der Waals surface area contributed by atoms with E-state index in [1.807, 2.05) is 48.6 Å². The molecule has 142 valence electrons. The van der Waals surface area contributed by atoms with Gasteiger partial charge in [0.2, 0.25) is 15.9 Å². The molecule has 1 aromatic carbocycles. The molecule has 1 aromatic rings. The van der Waals surface area contributed by atoms with Crippen molar-refractivity contribution in [3.8, 4) is 0 Å². The van der Waals surface area contributed by atoms with Crippen molar-refractivity contribution in [2.24, 2.45) is 0 Å². The number of amides is 1. The van der Waals surface area contributed by atoms with E-state index in [2.05, 4.69) is 15.4 Å². The van der Waals surface area contributed by atoms with E-state index in [0.29, 0.717) is 11.4 Å². The van der Waals surface area contributed by atoms with E-state index < -0.39 is 10.0 Å². The van der Waals surface area contributed by atoms with Gasteiger partial charge in [-0.15, -0.1) is 0 Å². The lowest BCUT2D eigenvalue weighted by Gasteiger charge is -2.19. The maximum Gasteiger partial charge on any atom is 0.241 e. The second-order valence-electron chi connectivity index (χ2n) is 6.60. The molecule has 0 saturated carbocycles. The summed E-state index contributed by atoms with van der Waals surface area (Å²) >= 11 is 0. The molecule has 1 rings (SSSR count). The Morgan fingerprint density at radius 2 is 1.44 bits per heavy atom. The molecule has 25 heavy (non-hydrogen) atoms. The van der Waals surface area contributed by atoms with E-state index in [0.717, 1.165) is 27.8 Å². The number of likely N-dealkylation sites (N-methyl/N-ethyl adjacent to an activating group) is 1. The van der Waals surface area contributed by atoms with Crippen LogP contribution in [0.25, 0.3) is 0 Å². The summed E-state index contributed by atoms with van der Waals surface area (Å²) in [6, 6.07) is 0.171. The summed E-state index contributed by atoms with van der Waals surface area (Å²) in [6.45, 7) is 12.1. The summed E-state index contributed by atoms with van der Waals surface area (Å²) in [5, 5.41) is 5.79. The van der Waals surface area contributed by atoms with E-state index in [-0.39, 0.29) is 24.9 Å². The number of carbonyl (C=O) groups excluding carboxylic acids is 1. The normalized spacial score (nSPS) is 12.9. The highest BCUT2D eigenvalue weighted by atomic mass is 32.2. The Hall–Kier alpha value is -1.44. The number of carbonyl (C=O) groups is 1. The number of nitrogens with one attached hydrogen (secondary N) is 3. The standard InChI is InChI=1S/C18H31N3O3S/c1-11(19-7)10-20-17(22)8-9-21-25(23,24)18-15(5)13(3)12(2)14(4)16(18)6/h11,19,21H,8-10H2,1-7H3,(H,20,22). The van der Waals surface area contributed by atoms with Gasteiger partial charge in [-0.3, -0.25) is 4.79 Å². The molecule has 0 heterocycles. The molecular weight excluding hydrogens is 338 g/mol. The molecule has 0 bridgehead atoms. The Labute approximate surface area is 151 Å². The third kappa shape index (κ3) is 5.26. The van der Waals surface area contributed by atoms with Gasteiger partial charge in [-0.25, -0.2) is 13.1 Å². The van der Waals surface area contributed by atoms with Gasteiger partial charge < -0.3 is 10.6 Å². The third-order valence-corrected chi connectivity index (χ3v) is 6.68. The van der Waals surface area contributed by atoms with Crippen LogP contribution in [0.1, 0.15) is 41.2 Å². The zero-order valence-corrected chi connectivity index (χ0v) is 17.1. The number of hydrogen-bond donors (Lipinski definition) is 3. The van der Waals surface area contributed by atoms with Crippen LogP contribution < -0.4 is 15.4 Å². The first-order chi connectivity index (χ1) is 11.5. The van der Waals surface area contributed by atoms with Crippen molar-refractivity contribution in [1.82, 2.24) is 15.4 Å². The first kappa shape index (κ1) is 21.6. The van der Waals surface area contributed by atoms with Crippen molar-refractivity contribution in [2.75, 3.05) is 20.1 Å². The molecule has 1 unspecified atom stereocenters. The van der Waals surface area contributed by atoms with Crippen molar-refractivity contribution in [3.63, 3.8) is 0 Å². The third-order valence-electron chi connectivity index (χ3n) is 4.94. The fourth-order valence-corrected chi connectivity index (χ4v) is 4.32. The summed E-state index contributed by atoms with van der Waals surface area (Å²) in [7, 11) is -1.84. The summed E-state index contributed by atoms with van der Waals surface area (Å²) in [5.41, 5.74) is 4.62. The summed E-state index contributed by atoms with van der Waals surface area (Å²) in [6.07, 6.45) is 0.109. The van der Waals surface area contributed by atoms with Gasteiger partial charge in [0, 0.05) is 25.6 Å². The number of benzene rings is 1. The van der Waals surface area contributed by atoms with E-state index in [4.69, 9.17) is 0 Å². The van der Waals surface area contributed by atoms with Crippen LogP contribution in [-0.4, -0.2) is 40.5 Å². The largest absolute Gasteiger partial charge is 0.355 e. The minimum Gasteiger partial charge on any atom is -0.355 e. The van der Waals surface area contributed by atoms with Gasteiger partial charge in [-0.1, -0.05) is 0 Å². The van der Waals surface area contributed by atoms with Gasteiger partial charge >= 0.3 is 0 Å². The summed E-state index contributed by atoms with van der Waals surface area (Å²) in [5.74, 6) is -0.172. The van der Waals surface area contributed by atoms with Gasteiger partial charge in [0.05, 0.1) is 4.90 Å². The summed E-state index contributed by atoms with van der Waals surface area (Å²) in [4.78, 5) is 12.1. The van der Waals surface area contributed by atoms with Gasteiger partial charge in [0.15, 0.2) is 0 Å². The molecule has 0 radical (unpaired) electrons. The van der Waals surface area contributed by atoms with Crippen molar-refractivity contribution < 1.29 is 13.2 Å². The summed E-state index contributed by atoms with van der Waals surface area (Å²) < 4.78 is 28.0. The van der Waals surface area contributed by atoms with Crippen LogP contribution in [0.4, 0.5) is 0 Å². The zero-order chi connectivity index (χ0) is 19.4. The van der Waals surface area contributed by atoms with Crippen molar-refractivity contribution >= 4 is 15.9 Å². The van der Waals surface area contributed by atoms with Crippen LogP contribution in [0, 0.1) is 34.6 Å². The Kier molecular flexibility index (Phi) is 7.59. The van der Waals surface area contributed by atoms with Crippen LogP contribution in [0.3, 0.4) is 0 Å². The first-order valence-electron chi connectivity index (χ1n) is 8.53. The fraction of sp³-hybridized carbons (Fsp3) is 0.611. The molecule has 0 spiro atoms. The number of hydrogen-bond acceptors (Lipinski definition) is 4. The van der Waals surface area contributed by atoms with Crippen LogP contribution in [0.15, 0.2) is 4.90 Å². The Balaban J connectivity index is 2.83. The Morgan fingerprint density at radius 3 is 1.92 bits per heavy atom. The first-order valence-corrected chi connectivity index (χ1v) is 10.0. The van der Waals surface area contributed by atoms with Crippen molar-refractivity contribution in [1.29, 1.82) is 0 Å². The lowest BCUT2D eigenvalue weighted by atomic mass is 9.95. The highest BCUT2D eigenvalue weighted by molar-refractivity contribution is 7.89. The zero-order valence-electron chi connectivity index (χ0n) is 16.3. The minimum atomic E-state index is -3.66. The van der Waals surface area contributed by atoms with Crippen LogP contribution in [0.5, 0.6) is 0 Å². The predicted octanol–water partition coefficient (Wildman–Crippen LogP) is 1.62. The highest BCUT2D eigenvalue weighted by Crippen LogP contribution is 2.29. The average Bonchev–Trinajstić information content (AvgIpc) is 2.55. The Morgan fingerprint density at radius 1 is 0.960 bits per heavy atom. The quantitative estimate of drug-likeness (QED) is 0.650. The molecule has 0 aliphatic rings. The van der Waals surface area contributed by atoms with Crippen LogP contribution in [0.2, 0.25) is 0 Å². The maximum absolute atomic E-state index is 12.7. The highest BCUT2D eigenvalue weighted by Gasteiger charge is 2.23. The molecule has 6 nitrogen and oxygen atoms in total. The van der Waals surface area contributed by atoms with E-state index in [1.54, 1.807) is 0 Å². The number of sulfonamides is 1. The predicted molar refractivity (Wildman–Crippen MR) is 101 cm³/mol. The van der Waals surface area contributed by atoms with Crippen molar-refractivity contribution in [3.05, 3.63) is 27.8 Å². The number of rotatable bonds is 8. The van der Waals surface area contributed by atoms with Gasteiger partial charge in [-0.2, -0.15) is 0 Å². The van der Waals surface area contributed by atoms with Gasteiger partial charge in [0.25, 0.3) is 0 Å². The minimum absolute atomic E-state index is 0.0763.